The van der Waals surface area contributed by atoms with E-state index in [1.165, 1.54) is 6.08 Å². The molecule has 0 aliphatic rings. The first-order valence-electron chi connectivity index (χ1n) is 8.86. The van der Waals surface area contributed by atoms with Crippen LogP contribution in [0.5, 0.6) is 0 Å². The number of aromatic nitrogens is 3. The van der Waals surface area contributed by atoms with Crippen LogP contribution >= 0.6 is 0 Å². The van der Waals surface area contributed by atoms with E-state index in [0.29, 0.717) is 28.1 Å². The summed E-state index contributed by atoms with van der Waals surface area (Å²) < 4.78 is 0. The molecule has 0 aliphatic heterocycles. The van der Waals surface area contributed by atoms with E-state index in [0.717, 1.165) is 5.69 Å². The molecule has 146 valence electrons. The summed E-state index contributed by atoms with van der Waals surface area (Å²) in [6, 6.07) is 8.78. The maximum absolute atomic E-state index is 12.6. The maximum Gasteiger partial charge on any atom is 0.259 e. The SMILES string of the molecule is CC(C)(C)C(=O)c1c[nH]c2ncc(Nc3ccc(C=C(C#N)C(N)=O)cc3)nc12. The highest BCUT2D eigenvalue weighted by Gasteiger charge is 2.26. The van der Waals surface area contributed by atoms with E-state index in [2.05, 4.69) is 20.3 Å². The van der Waals surface area contributed by atoms with Gasteiger partial charge in [-0.05, 0) is 23.8 Å². The number of benzene rings is 1. The normalized spacial score (nSPS) is 11.9. The van der Waals surface area contributed by atoms with Crippen molar-refractivity contribution in [1.82, 2.24) is 15.0 Å². The summed E-state index contributed by atoms with van der Waals surface area (Å²) in [5.41, 5.74) is 7.43. The van der Waals surface area contributed by atoms with Crippen molar-refractivity contribution >= 4 is 40.4 Å². The summed E-state index contributed by atoms with van der Waals surface area (Å²) in [6.07, 6.45) is 4.62. The molecule has 8 heteroatoms. The Morgan fingerprint density at radius 3 is 2.52 bits per heavy atom. The molecule has 0 fully saturated rings. The second kappa shape index (κ2) is 7.56. The molecular formula is C21H20N6O2. The van der Waals surface area contributed by atoms with E-state index in [1.54, 1.807) is 42.7 Å². The molecule has 0 spiro atoms. The van der Waals surface area contributed by atoms with Crippen molar-refractivity contribution in [3.8, 4) is 6.07 Å². The highest BCUT2D eigenvalue weighted by atomic mass is 16.1. The van der Waals surface area contributed by atoms with Crippen molar-refractivity contribution in [3.05, 3.63) is 53.4 Å². The van der Waals surface area contributed by atoms with Gasteiger partial charge >= 0.3 is 0 Å². The molecule has 2 aromatic heterocycles. The second-order valence-electron chi connectivity index (χ2n) is 7.52. The first kappa shape index (κ1) is 19.8. The highest BCUT2D eigenvalue weighted by Crippen LogP contribution is 2.26. The molecule has 1 amide bonds. The lowest BCUT2D eigenvalue weighted by Gasteiger charge is -2.15. The zero-order chi connectivity index (χ0) is 21.2. The van der Waals surface area contributed by atoms with E-state index in [4.69, 9.17) is 11.0 Å². The van der Waals surface area contributed by atoms with Crippen molar-refractivity contribution in [1.29, 1.82) is 5.26 Å². The number of rotatable bonds is 5. The number of nitrogens with two attached hydrogens (primary N) is 1. The molecule has 3 rings (SSSR count). The molecule has 0 radical (unpaired) electrons. The topological polar surface area (TPSA) is 138 Å². The van der Waals surface area contributed by atoms with Gasteiger partial charge in [-0.15, -0.1) is 0 Å². The summed E-state index contributed by atoms with van der Waals surface area (Å²) in [5, 5.41) is 12.0. The molecule has 8 nitrogen and oxygen atoms in total. The zero-order valence-electron chi connectivity index (χ0n) is 16.3. The van der Waals surface area contributed by atoms with Gasteiger partial charge in [0.15, 0.2) is 11.4 Å². The summed E-state index contributed by atoms with van der Waals surface area (Å²) in [6.45, 7) is 5.57. The maximum atomic E-state index is 12.6. The lowest BCUT2D eigenvalue weighted by molar-refractivity contribution is -0.114. The number of carbonyl (C=O) groups excluding carboxylic acids is 2. The predicted octanol–water partition coefficient (Wildman–Crippen LogP) is 3.32. The van der Waals surface area contributed by atoms with Gasteiger partial charge < -0.3 is 16.0 Å². The average Bonchev–Trinajstić information content (AvgIpc) is 3.08. The van der Waals surface area contributed by atoms with Crippen molar-refractivity contribution < 1.29 is 9.59 Å². The molecule has 4 N–H and O–H groups in total. The quantitative estimate of drug-likeness (QED) is 0.348. The Morgan fingerprint density at radius 2 is 1.93 bits per heavy atom. The first-order chi connectivity index (χ1) is 13.7. The fourth-order valence-corrected chi connectivity index (χ4v) is 2.66. The highest BCUT2D eigenvalue weighted by molar-refractivity contribution is 6.08. The average molecular weight is 388 g/mol. The molecular weight excluding hydrogens is 368 g/mol. The first-order valence-corrected chi connectivity index (χ1v) is 8.86. The Hall–Kier alpha value is -3.99. The van der Waals surface area contributed by atoms with Crippen LogP contribution < -0.4 is 11.1 Å². The van der Waals surface area contributed by atoms with Crippen LogP contribution in [0.25, 0.3) is 17.2 Å². The van der Waals surface area contributed by atoms with Gasteiger partial charge in [-0.25, -0.2) is 9.97 Å². The van der Waals surface area contributed by atoms with Crippen LogP contribution in [-0.2, 0) is 4.79 Å². The largest absolute Gasteiger partial charge is 0.365 e. The van der Waals surface area contributed by atoms with Gasteiger partial charge in [0.1, 0.15) is 23.0 Å². The van der Waals surface area contributed by atoms with E-state index in [1.807, 2.05) is 20.8 Å². The van der Waals surface area contributed by atoms with E-state index in [9.17, 15) is 9.59 Å². The summed E-state index contributed by atoms with van der Waals surface area (Å²) >= 11 is 0. The minimum atomic E-state index is -0.773. The molecule has 0 atom stereocenters. The predicted molar refractivity (Wildman–Crippen MR) is 110 cm³/mol. The van der Waals surface area contributed by atoms with Crippen molar-refractivity contribution in [2.45, 2.75) is 20.8 Å². The number of nitrogens with one attached hydrogen (secondary N) is 2. The Bertz CT molecular complexity index is 1160. The van der Waals surface area contributed by atoms with E-state index < -0.39 is 11.3 Å². The molecule has 0 saturated heterocycles. The van der Waals surface area contributed by atoms with Gasteiger partial charge in [-0.3, -0.25) is 9.59 Å². The Labute approximate surface area is 167 Å². The molecule has 0 bridgehead atoms. The number of nitrogens with zero attached hydrogens (tertiary/aromatic N) is 3. The molecule has 0 aliphatic carbocycles. The number of ketones is 1. The number of hydrogen-bond acceptors (Lipinski definition) is 6. The molecule has 0 unspecified atom stereocenters. The number of aromatic amines is 1. The molecule has 0 saturated carbocycles. The van der Waals surface area contributed by atoms with Gasteiger partial charge in [0, 0.05) is 17.3 Å². The number of hydrogen-bond donors (Lipinski definition) is 3. The minimum absolute atomic E-state index is 0.0194. The van der Waals surface area contributed by atoms with Crippen LogP contribution in [0.3, 0.4) is 0 Å². The third-order valence-corrected chi connectivity index (χ3v) is 4.19. The number of carbonyl (C=O) groups is 2. The molecule has 29 heavy (non-hydrogen) atoms. The van der Waals surface area contributed by atoms with E-state index >= 15 is 0 Å². The van der Waals surface area contributed by atoms with Gasteiger partial charge in [0.2, 0.25) is 0 Å². The fourth-order valence-electron chi connectivity index (χ4n) is 2.66. The van der Waals surface area contributed by atoms with Gasteiger partial charge in [0.05, 0.1) is 11.8 Å². The number of H-pyrrole nitrogens is 1. The van der Waals surface area contributed by atoms with Gasteiger partial charge in [0.25, 0.3) is 5.91 Å². The lowest BCUT2D eigenvalue weighted by Crippen LogP contribution is -2.20. The number of fused-ring (bicyclic) bond motifs is 1. The third kappa shape index (κ3) is 4.30. The summed E-state index contributed by atoms with van der Waals surface area (Å²) in [4.78, 5) is 35.6. The van der Waals surface area contributed by atoms with Crippen molar-refractivity contribution in [3.63, 3.8) is 0 Å². The van der Waals surface area contributed by atoms with Gasteiger partial charge in [-0.1, -0.05) is 32.9 Å². The Morgan fingerprint density at radius 1 is 1.24 bits per heavy atom. The van der Waals surface area contributed by atoms with Crippen LogP contribution in [0.4, 0.5) is 11.5 Å². The molecule has 2 heterocycles. The lowest BCUT2D eigenvalue weighted by atomic mass is 9.87. The minimum Gasteiger partial charge on any atom is -0.365 e. The Kier molecular flexibility index (Phi) is 5.15. The fraction of sp³-hybridized carbons (Fsp3) is 0.190. The standard InChI is InChI=1S/C21H20N6O2/c1-21(2,3)18(28)15-10-24-20-17(15)27-16(11-25-20)26-14-6-4-12(5-7-14)8-13(9-22)19(23)29/h4-8,10-11H,1-3H3,(H2,23,29)(H,24,25)(H,26,27). The Balaban J connectivity index is 1.86. The van der Waals surface area contributed by atoms with Crippen LogP contribution in [0.15, 0.2) is 42.2 Å². The second-order valence-corrected chi connectivity index (χ2v) is 7.52. The third-order valence-electron chi connectivity index (χ3n) is 4.19. The van der Waals surface area contributed by atoms with Crippen molar-refractivity contribution in [2.24, 2.45) is 11.1 Å². The van der Waals surface area contributed by atoms with Crippen molar-refractivity contribution in [2.75, 3.05) is 5.32 Å². The smallest absolute Gasteiger partial charge is 0.259 e. The summed E-state index contributed by atoms with van der Waals surface area (Å²) in [5.74, 6) is -0.308. The van der Waals surface area contributed by atoms with Crippen LogP contribution in [0, 0.1) is 16.7 Å². The number of Topliss-reactive ketones (excluding diaryl/α,β-unsaturated/α-hetero) is 1. The number of nitriles is 1. The van der Waals surface area contributed by atoms with Crippen LogP contribution in [-0.4, -0.2) is 26.6 Å². The zero-order valence-corrected chi connectivity index (χ0v) is 16.3. The number of amides is 1. The van der Waals surface area contributed by atoms with Gasteiger partial charge in [-0.2, -0.15) is 5.26 Å². The molecule has 1 aromatic carbocycles. The number of primary amides is 1. The monoisotopic (exact) mass is 388 g/mol. The van der Waals surface area contributed by atoms with E-state index in [-0.39, 0.29) is 11.4 Å². The molecule has 3 aromatic rings. The van der Waals surface area contributed by atoms with Crippen LogP contribution in [0.2, 0.25) is 0 Å². The number of anilines is 2. The summed E-state index contributed by atoms with van der Waals surface area (Å²) in [7, 11) is 0. The van der Waals surface area contributed by atoms with Crippen LogP contribution in [0.1, 0.15) is 36.7 Å².